The Labute approximate surface area is 110 Å². The summed E-state index contributed by atoms with van der Waals surface area (Å²) in [6, 6.07) is 2.62. The molecule has 0 aliphatic carbocycles. The van der Waals surface area contributed by atoms with Gasteiger partial charge in [-0.15, -0.1) is 0 Å². The van der Waals surface area contributed by atoms with E-state index in [0.717, 1.165) is 6.42 Å². The van der Waals surface area contributed by atoms with Crippen molar-refractivity contribution in [2.75, 3.05) is 19.8 Å². The van der Waals surface area contributed by atoms with Crippen LogP contribution in [0, 0.1) is 5.41 Å². The van der Waals surface area contributed by atoms with E-state index in [4.69, 9.17) is 9.84 Å². The van der Waals surface area contributed by atoms with Crippen LogP contribution in [0.25, 0.3) is 0 Å². The van der Waals surface area contributed by atoms with E-state index in [2.05, 4.69) is 10.3 Å². The number of carbonyl (C=O) groups excluding carboxylic acids is 1. The molecule has 1 aromatic rings. The molecule has 1 unspecified atom stereocenters. The molecule has 6 nitrogen and oxygen atoms in total. The maximum absolute atomic E-state index is 11.9. The smallest absolute Gasteiger partial charge is 0.335 e. The fraction of sp³-hybridized carbons (Fsp3) is 0.462. The number of hydrogen-bond acceptors (Lipinski definition) is 4. The maximum Gasteiger partial charge on any atom is 0.335 e. The lowest BCUT2D eigenvalue weighted by atomic mass is 9.90. The van der Waals surface area contributed by atoms with Crippen LogP contribution in [-0.2, 0) is 4.74 Å². The molecular formula is C13H16N2O4. The molecule has 1 aliphatic rings. The summed E-state index contributed by atoms with van der Waals surface area (Å²) in [4.78, 5) is 26.6. The fourth-order valence-electron chi connectivity index (χ4n) is 1.92. The Kier molecular flexibility index (Phi) is 3.80. The Morgan fingerprint density at radius 3 is 3.00 bits per heavy atom. The third-order valence-corrected chi connectivity index (χ3v) is 3.22. The Balaban J connectivity index is 1.99. The minimum absolute atomic E-state index is 0.0514. The van der Waals surface area contributed by atoms with Crippen LogP contribution in [0.15, 0.2) is 18.3 Å². The molecule has 19 heavy (non-hydrogen) atoms. The van der Waals surface area contributed by atoms with Gasteiger partial charge in [0.05, 0.1) is 12.2 Å². The molecule has 1 aromatic heterocycles. The van der Waals surface area contributed by atoms with Crippen LogP contribution in [0.3, 0.4) is 0 Å². The number of nitrogens with one attached hydrogen (secondary N) is 1. The van der Waals surface area contributed by atoms with Gasteiger partial charge in [-0.1, -0.05) is 6.92 Å². The van der Waals surface area contributed by atoms with Gasteiger partial charge in [0, 0.05) is 24.8 Å². The molecule has 0 radical (unpaired) electrons. The first-order valence-electron chi connectivity index (χ1n) is 6.05. The Morgan fingerprint density at radius 1 is 1.58 bits per heavy atom. The normalized spacial score (nSPS) is 22.2. The number of carboxylic acid groups (broad SMARTS) is 1. The van der Waals surface area contributed by atoms with Crippen LogP contribution in [0.2, 0.25) is 0 Å². The van der Waals surface area contributed by atoms with E-state index < -0.39 is 5.97 Å². The summed E-state index contributed by atoms with van der Waals surface area (Å²) in [6.45, 7) is 3.86. The highest BCUT2D eigenvalue weighted by atomic mass is 16.5. The summed E-state index contributed by atoms with van der Waals surface area (Å²) >= 11 is 0. The molecule has 1 aliphatic heterocycles. The molecule has 0 spiro atoms. The summed E-state index contributed by atoms with van der Waals surface area (Å²) in [5.41, 5.74) is 0.109. The first-order valence-corrected chi connectivity index (χ1v) is 6.05. The second-order valence-corrected chi connectivity index (χ2v) is 5.03. The van der Waals surface area contributed by atoms with Crippen molar-refractivity contribution in [3.05, 3.63) is 29.6 Å². The number of carbonyl (C=O) groups is 2. The number of amides is 1. The van der Waals surface area contributed by atoms with Crippen molar-refractivity contribution in [1.29, 1.82) is 0 Å². The summed E-state index contributed by atoms with van der Waals surface area (Å²) in [7, 11) is 0. The summed E-state index contributed by atoms with van der Waals surface area (Å²) in [5, 5.41) is 11.6. The van der Waals surface area contributed by atoms with E-state index >= 15 is 0 Å². The second kappa shape index (κ2) is 5.36. The number of carboxylic acids is 1. The number of rotatable bonds is 4. The molecule has 6 heteroatoms. The van der Waals surface area contributed by atoms with Gasteiger partial charge in [0.15, 0.2) is 0 Å². The van der Waals surface area contributed by atoms with Gasteiger partial charge in [-0.05, 0) is 18.6 Å². The molecule has 102 valence electrons. The first-order chi connectivity index (χ1) is 9.00. The Bertz CT molecular complexity index is 495. The average molecular weight is 264 g/mol. The molecule has 1 saturated heterocycles. The Morgan fingerprint density at radius 2 is 2.37 bits per heavy atom. The standard InChI is InChI=1S/C13H16N2O4/c1-13(3-5-19-8-13)7-15-11(16)10-6-9(12(17)18)2-4-14-10/h2,4,6H,3,5,7-8H2,1H3,(H,15,16)(H,17,18). The molecule has 1 fully saturated rings. The zero-order valence-electron chi connectivity index (χ0n) is 10.7. The summed E-state index contributed by atoms with van der Waals surface area (Å²) in [5.74, 6) is -1.44. The fourth-order valence-corrected chi connectivity index (χ4v) is 1.92. The van der Waals surface area contributed by atoms with Crippen LogP contribution < -0.4 is 5.32 Å². The molecule has 1 amide bonds. The van der Waals surface area contributed by atoms with Crippen LogP contribution in [0.1, 0.15) is 34.2 Å². The minimum atomic E-state index is -1.08. The molecule has 2 rings (SSSR count). The lowest BCUT2D eigenvalue weighted by Crippen LogP contribution is -2.36. The second-order valence-electron chi connectivity index (χ2n) is 5.03. The quantitative estimate of drug-likeness (QED) is 0.844. The largest absolute Gasteiger partial charge is 0.478 e. The van der Waals surface area contributed by atoms with E-state index in [-0.39, 0.29) is 22.6 Å². The van der Waals surface area contributed by atoms with E-state index in [1.165, 1.54) is 18.3 Å². The highest BCUT2D eigenvalue weighted by Gasteiger charge is 2.30. The molecule has 0 aromatic carbocycles. The summed E-state index contributed by atoms with van der Waals surface area (Å²) in [6.07, 6.45) is 2.22. The maximum atomic E-state index is 11.9. The van der Waals surface area contributed by atoms with Crippen LogP contribution in [-0.4, -0.2) is 41.7 Å². The predicted molar refractivity (Wildman–Crippen MR) is 67.1 cm³/mol. The SMILES string of the molecule is CC1(CNC(=O)c2cc(C(=O)O)ccn2)CCOC1. The van der Waals surface area contributed by atoms with Gasteiger partial charge in [0.2, 0.25) is 0 Å². The molecular weight excluding hydrogens is 248 g/mol. The van der Waals surface area contributed by atoms with E-state index in [9.17, 15) is 9.59 Å². The zero-order chi connectivity index (χ0) is 13.9. The minimum Gasteiger partial charge on any atom is -0.478 e. The number of ether oxygens (including phenoxy) is 1. The van der Waals surface area contributed by atoms with Crippen LogP contribution in [0.5, 0.6) is 0 Å². The first kappa shape index (κ1) is 13.5. The lowest BCUT2D eigenvalue weighted by molar-refractivity contribution is 0.0696. The van der Waals surface area contributed by atoms with Gasteiger partial charge < -0.3 is 15.2 Å². The molecule has 1 atom stereocenters. The monoisotopic (exact) mass is 264 g/mol. The summed E-state index contributed by atoms with van der Waals surface area (Å²) < 4.78 is 5.30. The van der Waals surface area contributed by atoms with Crippen molar-refractivity contribution < 1.29 is 19.4 Å². The number of pyridine rings is 1. The number of aromatic nitrogens is 1. The highest BCUT2D eigenvalue weighted by Crippen LogP contribution is 2.26. The lowest BCUT2D eigenvalue weighted by Gasteiger charge is -2.21. The zero-order valence-corrected chi connectivity index (χ0v) is 10.7. The van der Waals surface area contributed by atoms with Gasteiger partial charge in [-0.25, -0.2) is 4.79 Å². The van der Waals surface area contributed by atoms with Crippen molar-refractivity contribution in [2.45, 2.75) is 13.3 Å². The highest BCUT2D eigenvalue weighted by molar-refractivity contribution is 5.95. The van der Waals surface area contributed by atoms with Crippen molar-refractivity contribution in [3.63, 3.8) is 0 Å². The average Bonchev–Trinajstić information content (AvgIpc) is 2.83. The van der Waals surface area contributed by atoms with Gasteiger partial charge in [0.1, 0.15) is 5.69 Å². The van der Waals surface area contributed by atoms with Crippen molar-refractivity contribution in [1.82, 2.24) is 10.3 Å². The van der Waals surface area contributed by atoms with E-state index in [0.29, 0.717) is 19.8 Å². The number of hydrogen-bond donors (Lipinski definition) is 2. The van der Waals surface area contributed by atoms with E-state index in [1.807, 2.05) is 6.92 Å². The van der Waals surface area contributed by atoms with E-state index in [1.54, 1.807) is 0 Å². The molecule has 2 heterocycles. The third kappa shape index (κ3) is 3.29. The van der Waals surface area contributed by atoms with Gasteiger partial charge in [-0.3, -0.25) is 9.78 Å². The van der Waals surface area contributed by atoms with Crippen LogP contribution >= 0.6 is 0 Å². The Hall–Kier alpha value is -1.95. The van der Waals surface area contributed by atoms with Crippen molar-refractivity contribution in [3.8, 4) is 0 Å². The van der Waals surface area contributed by atoms with Gasteiger partial charge >= 0.3 is 5.97 Å². The number of nitrogens with zero attached hydrogens (tertiary/aromatic N) is 1. The van der Waals surface area contributed by atoms with Gasteiger partial charge in [0.25, 0.3) is 5.91 Å². The molecule has 0 bridgehead atoms. The predicted octanol–water partition coefficient (Wildman–Crippen LogP) is 0.936. The van der Waals surface area contributed by atoms with Crippen molar-refractivity contribution >= 4 is 11.9 Å². The topological polar surface area (TPSA) is 88.5 Å². The van der Waals surface area contributed by atoms with Crippen LogP contribution in [0.4, 0.5) is 0 Å². The van der Waals surface area contributed by atoms with Gasteiger partial charge in [-0.2, -0.15) is 0 Å². The molecule has 2 N–H and O–H groups in total. The number of aromatic carboxylic acids is 1. The van der Waals surface area contributed by atoms with Crippen molar-refractivity contribution in [2.24, 2.45) is 5.41 Å². The third-order valence-electron chi connectivity index (χ3n) is 3.22. The molecule has 0 saturated carbocycles.